The largest absolute Gasteiger partial charge is 0.339 e. The van der Waals surface area contributed by atoms with Crippen LogP contribution in [-0.2, 0) is 18.3 Å². The number of amides is 1. The van der Waals surface area contributed by atoms with Crippen LogP contribution in [0.25, 0.3) is 10.9 Å². The van der Waals surface area contributed by atoms with Gasteiger partial charge in [-0.3, -0.25) is 14.4 Å². The van der Waals surface area contributed by atoms with Gasteiger partial charge in [0.1, 0.15) is 6.04 Å². The highest BCUT2D eigenvalue weighted by Gasteiger charge is 2.35. The summed E-state index contributed by atoms with van der Waals surface area (Å²) in [5.41, 5.74) is 1.87. The summed E-state index contributed by atoms with van der Waals surface area (Å²) in [5.74, 6) is 1.97. The monoisotopic (exact) mass is 380 g/mol. The molecule has 1 aliphatic heterocycles. The van der Waals surface area contributed by atoms with Crippen LogP contribution in [0.4, 0.5) is 0 Å². The van der Waals surface area contributed by atoms with Crippen molar-refractivity contribution in [3.8, 4) is 0 Å². The zero-order chi connectivity index (χ0) is 19.3. The van der Waals surface area contributed by atoms with Crippen molar-refractivity contribution in [2.75, 3.05) is 26.7 Å². The predicted molar refractivity (Wildman–Crippen MR) is 103 cm³/mol. The van der Waals surface area contributed by atoms with Crippen LogP contribution in [0, 0.1) is 0 Å². The molecule has 146 valence electrons. The quantitative estimate of drug-likeness (QED) is 0.688. The average Bonchev–Trinajstić information content (AvgIpc) is 3.36. The van der Waals surface area contributed by atoms with Crippen LogP contribution in [0.15, 0.2) is 28.8 Å². The molecule has 1 saturated carbocycles. The number of para-hydroxylation sites is 1. The maximum absolute atomic E-state index is 13.0. The van der Waals surface area contributed by atoms with Gasteiger partial charge >= 0.3 is 0 Å². The first-order valence-corrected chi connectivity index (χ1v) is 9.82. The molecule has 2 aromatic heterocycles. The lowest BCUT2D eigenvalue weighted by molar-refractivity contribution is -0.133. The van der Waals surface area contributed by atoms with Gasteiger partial charge in [-0.15, -0.1) is 0 Å². The number of piperazine rings is 1. The fourth-order valence-electron chi connectivity index (χ4n) is 3.93. The van der Waals surface area contributed by atoms with E-state index in [9.17, 15) is 4.79 Å². The Labute approximate surface area is 163 Å². The highest BCUT2D eigenvalue weighted by atomic mass is 16.5. The summed E-state index contributed by atoms with van der Waals surface area (Å²) in [6.45, 7) is 2.03. The Bertz CT molecular complexity index is 1020. The first kappa shape index (κ1) is 17.4. The molecule has 1 aromatic carbocycles. The van der Waals surface area contributed by atoms with Crippen LogP contribution in [0.1, 0.15) is 42.2 Å². The first-order valence-electron chi connectivity index (χ1n) is 9.82. The van der Waals surface area contributed by atoms with Crippen molar-refractivity contribution in [3.05, 3.63) is 41.7 Å². The number of fused-ring (bicyclic) bond motifs is 1. The zero-order valence-corrected chi connectivity index (χ0v) is 16.2. The number of rotatable bonds is 4. The molecule has 3 heterocycles. The fourth-order valence-corrected chi connectivity index (χ4v) is 3.93. The maximum Gasteiger partial charge on any atom is 0.245 e. The number of aromatic nitrogens is 4. The summed E-state index contributed by atoms with van der Waals surface area (Å²) in [6.07, 6.45) is 2.58. The van der Waals surface area contributed by atoms with Crippen molar-refractivity contribution >= 4 is 16.8 Å². The van der Waals surface area contributed by atoms with E-state index in [4.69, 9.17) is 4.52 Å². The van der Waals surface area contributed by atoms with Gasteiger partial charge in [0, 0.05) is 38.0 Å². The van der Waals surface area contributed by atoms with Crippen molar-refractivity contribution in [3.63, 3.8) is 0 Å². The van der Waals surface area contributed by atoms with E-state index < -0.39 is 0 Å². The van der Waals surface area contributed by atoms with Gasteiger partial charge in [-0.25, -0.2) is 0 Å². The van der Waals surface area contributed by atoms with Gasteiger partial charge in [-0.05, 0) is 26.0 Å². The number of hydrogen-bond acceptors (Lipinski definition) is 6. The molecule has 5 rings (SSSR count). The summed E-state index contributed by atoms with van der Waals surface area (Å²) in [5, 5.41) is 9.73. The number of hydrogen-bond donors (Lipinski definition) is 0. The summed E-state index contributed by atoms with van der Waals surface area (Å²) < 4.78 is 7.36. The normalized spacial score (nSPS) is 20.8. The molecule has 0 spiro atoms. The highest BCUT2D eigenvalue weighted by molar-refractivity contribution is 5.87. The average molecular weight is 380 g/mol. The fraction of sp³-hybridized carbons (Fsp3) is 0.500. The molecule has 2 aliphatic rings. The Morgan fingerprint density at radius 2 is 2.04 bits per heavy atom. The van der Waals surface area contributed by atoms with E-state index in [1.165, 1.54) is 0 Å². The van der Waals surface area contributed by atoms with Gasteiger partial charge in [0.25, 0.3) is 0 Å². The Hall–Kier alpha value is -2.74. The van der Waals surface area contributed by atoms with E-state index in [0.29, 0.717) is 31.3 Å². The van der Waals surface area contributed by atoms with Crippen LogP contribution < -0.4 is 0 Å². The van der Waals surface area contributed by atoms with Crippen molar-refractivity contribution in [1.29, 1.82) is 0 Å². The van der Waals surface area contributed by atoms with Gasteiger partial charge in [-0.2, -0.15) is 10.1 Å². The van der Waals surface area contributed by atoms with E-state index in [1.54, 1.807) is 0 Å². The molecule has 3 aromatic rings. The van der Waals surface area contributed by atoms with Crippen molar-refractivity contribution < 1.29 is 9.32 Å². The number of carbonyl (C=O) groups is 1. The smallest absolute Gasteiger partial charge is 0.245 e. The molecule has 0 bridgehead atoms. The number of carbonyl (C=O) groups excluding carboxylic acids is 1. The molecule has 1 saturated heterocycles. The second kappa shape index (κ2) is 6.70. The first-order chi connectivity index (χ1) is 13.6. The van der Waals surface area contributed by atoms with E-state index in [2.05, 4.69) is 20.1 Å². The Morgan fingerprint density at radius 1 is 1.21 bits per heavy atom. The Morgan fingerprint density at radius 3 is 2.86 bits per heavy atom. The number of likely N-dealkylation sites (N-methyl/N-ethyl adjacent to an activating group) is 1. The molecule has 1 atom stereocenters. The third-order valence-electron chi connectivity index (χ3n) is 5.84. The van der Waals surface area contributed by atoms with Crippen LogP contribution in [0.5, 0.6) is 0 Å². The molecule has 0 unspecified atom stereocenters. The lowest BCUT2D eigenvalue weighted by atomic mass is 10.1. The van der Waals surface area contributed by atoms with Crippen molar-refractivity contribution in [2.45, 2.75) is 31.2 Å². The summed E-state index contributed by atoms with van der Waals surface area (Å²) in [6, 6.07) is 7.96. The standard InChI is InChI=1S/C20H24N6O2/c1-24-9-10-26(12-17(24)20-21-19(23-28-20)13-7-8-13)18(27)11-15-14-5-3-4-6-16(14)25(2)22-15/h3-6,13,17H,7-12H2,1-2H3/t17-/m1/s1. The molecule has 2 fully saturated rings. The molecule has 1 aliphatic carbocycles. The molecule has 8 heteroatoms. The van der Waals surface area contributed by atoms with Gasteiger partial charge in [0.05, 0.1) is 17.6 Å². The molecular weight excluding hydrogens is 356 g/mol. The lowest BCUT2D eigenvalue weighted by Crippen LogP contribution is -2.49. The lowest BCUT2D eigenvalue weighted by Gasteiger charge is -2.37. The Kier molecular flexibility index (Phi) is 4.16. The molecule has 28 heavy (non-hydrogen) atoms. The maximum atomic E-state index is 13.0. The summed E-state index contributed by atoms with van der Waals surface area (Å²) in [7, 11) is 3.95. The van der Waals surface area contributed by atoms with Gasteiger partial charge in [0.15, 0.2) is 5.82 Å². The van der Waals surface area contributed by atoms with Gasteiger partial charge in [-0.1, -0.05) is 23.4 Å². The minimum Gasteiger partial charge on any atom is -0.339 e. The molecular formula is C20H24N6O2. The second-order valence-corrected chi connectivity index (χ2v) is 7.87. The summed E-state index contributed by atoms with van der Waals surface area (Å²) in [4.78, 5) is 21.7. The van der Waals surface area contributed by atoms with Crippen molar-refractivity contribution in [2.24, 2.45) is 7.05 Å². The minimum absolute atomic E-state index is 0.0572. The SMILES string of the molecule is CN1CCN(C(=O)Cc2nn(C)c3ccccc23)C[C@@H]1c1nc(C2CC2)no1. The molecule has 0 radical (unpaired) electrons. The number of benzene rings is 1. The second-order valence-electron chi connectivity index (χ2n) is 7.87. The zero-order valence-electron chi connectivity index (χ0n) is 16.2. The van der Waals surface area contributed by atoms with E-state index >= 15 is 0 Å². The summed E-state index contributed by atoms with van der Waals surface area (Å²) >= 11 is 0. The van der Waals surface area contributed by atoms with Crippen LogP contribution in [-0.4, -0.2) is 62.3 Å². The third kappa shape index (κ3) is 3.07. The third-order valence-corrected chi connectivity index (χ3v) is 5.84. The molecule has 0 N–H and O–H groups in total. The van der Waals surface area contributed by atoms with Crippen LogP contribution in [0.3, 0.4) is 0 Å². The highest BCUT2D eigenvalue weighted by Crippen LogP contribution is 2.38. The minimum atomic E-state index is -0.0572. The van der Waals surface area contributed by atoms with Gasteiger partial charge in [0.2, 0.25) is 11.8 Å². The van der Waals surface area contributed by atoms with Gasteiger partial charge < -0.3 is 9.42 Å². The molecule has 1 amide bonds. The number of nitrogens with zero attached hydrogens (tertiary/aromatic N) is 6. The van der Waals surface area contributed by atoms with E-state index in [1.807, 2.05) is 47.9 Å². The van der Waals surface area contributed by atoms with Crippen molar-refractivity contribution in [1.82, 2.24) is 29.7 Å². The predicted octanol–water partition coefficient (Wildman–Crippen LogP) is 1.89. The van der Waals surface area contributed by atoms with E-state index in [-0.39, 0.29) is 11.9 Å². The van der Waals surface area contributed by atoms with E-state index in [0.717, 1.165) is 41.8 Å². The van der Waals surface area contributed by atoms with Crippen LogP contribution >= 0.6 is 0 Å². The van der Waals surface area contributed by atoms with Crippen LogP contribution in [0.2, 0.25) is 0 Å². The molecule has 8 nitrogen and oxygen atoms in total. The topological polar surface area (TPSA) is 80.3 Å². The Balaban J connectivity index is 1.33. The number of aryl methyl sites for hydroxylation is 1.